The third-order valence-corrected chi connectivity index (χ3v) is 4.99. The number of fused-ring (bicyclic) bond motifs is 1. The number of rotatable bonds is 3. The monoisotopic (exact) mass is 331 g/mol. The Morgan fingerprint density at radius 1 is 1.30 bits per heavy atom. The highest BCUT2D eigenvalue weighted by Crippen LogP contribution is 2.35. The Balaban J connectivity index is 1.75. The van der Waals surface area contributed by atoms with Crippen LogP contribution < -0.4 is 16.6 Å². The fourth-order valence-electron chi connectivity index (χ4n) is 2.62. The van der Waals surface area contributed by atoms with Crippen molar-refractivity contribution in [2.24, 2.45) is 7.05 Å². The summed E-state index contributed by atoms with van der Waals surface area (Å²) in [5, 5.41) is 2.99. The molecular weight excluding hydrogens is 314 g/mol. The Morgan fingerprint density at radius 3 is 2.91 bits per heavy atom. The van der Waals surface area contributed by atoms with E-state index in [2.05, 4.69) is 11.4 Å². The van der Waals surface area contributed by atoms with Crippen LogP contribution in [0, 0.1) is 0 Å². The Morgan fingerprint density at radius 2 is 2.09 bits per heavy atom. The summed E-state index contributed by atoms with van der Waals surface area (Å²) in [6, 6.07) is 9.26. The Kier molecular flexibility index (Phi) is 4.38. The maximum Gasteiger partial charge on any atom is 0.331 e. The summed E-state index contributed by atoms with van der Waals surface area (Å²) in [4.78, 5) is 36.8. The van der Waals surface area contributed by atoms with Gasteiger partial charge in [0.25, 0.3) is 5.56 Å². The van der Waals surface area contributed by atoms with Crippen LogP contribution in [0.5, 0.6) is 0 Å². The van der Waals surface area contributed by atoms with E-state index in [1.165, 1.54) is 28.8 Å². The highest BCUT2D eigenvalue weighted by atomic mass is 32.2. The largest absolute Gasteiger partial charge is 0.348 e. The van der Waals surface area contributed by atoms with Crippen molar-refractivity contribution in [1.82, 2.24) is 14.5 Å². The molecule has 2 heterocycles. The molecule has 0 radical (unpaired) electrons. The number of nitrogens with one attached hydrogen (secondary N) is 1. The van der Waals surface area contributed by atoms with Crippen LogP contribution in [-0.4, -0.2) is 20.8 Å². The minimum absolute atomic E-state index is 0.0387. The van der Waals surface area contributed by atoms with E-state index in [9.17, 15) is 14.4 Å². The molecule has 1 aliphatic heterocycles. The second-order valence-corrected chi connectivity index (χ2v) is 6.56. The number of nitrogens with zero attached hydrogens (tertiary/aromatic N) is 2. The highest BCUT2D eigenvalue weighted by Gasteiger charge is 2.22. The number of hydrogen-bond acceptors (Lipinski definition) is 4. The van der Waals surface area contributed by atoms with Crippen molar-refractivity contribution >= 4 is 17.7 Å². The second-order valence-electron chi connectivity index (χ2n) is 5.42. The van der Waals surface area contributed by atoms with Gasteiger partial charge in [0.1, 0.15) is 6.54 Å². The summed E-state index contributed by atoms with van der Waals surface area (Å²) in [5.74, 6) is 0.708. The number of aromatic nitrogens is 2. The van der Waals surface area contributed by atoms with E-state index in [4.69, 9.17) is 0 Å². The molecule has 6 nitrogen and oxygen atoms in total. The molecule has 0 spiro atoms. The van der Waals surface area contributed by atoms with Crippen molar-refractivity contribution in [1.29, 1.82) is 0 Å². The van der Waals surface area contributed by atoms with Crippen LogP contribution in [0.25, 0.3) is 0 Å². The van der Waals surface area contributed by atoms with Crippen molar-refractivity contribution in [3.05, 3.63) is 62.9 Å². The van der Waals surface area contributed by atoms with Crippen LogP contribution in [0.2, 0.25) is 0 Å². The zero-order valence-electron chi connectivity index (χ0n) is 12.7. The first kappa shape index (κ1) is 15.6. The average Bonchev–Trinajstić information content (AvgIpc) is 2.56. The van der Waals surface area contributed by atoms with E-state index in [0.29, 0.717) is 0 Å². The average molecular weight is 331 g/mol. The molecule has 1 amide bonds. The first-order valence-electron chi connectivity index (χ1n) is 7.34. The lowest BCUT2D eigenvalue weighted by molar-refractivity contribution is -0.122. The van der Waals surface area contributed by atoms with Gasteiger partial charge in [-0.05, 0) is 18.1 Å². The Labute approximate surface area is 137 Å². The van der Waals surface area contributed by atoms with Crippen LogP contribution in [0.1, 0.15) is 18.0 Å². The smallest absolute Gasteiger partial charge is 0.331 e. The molecule has 23 heavy (non-hydrogen) atoms. The standard InChI is InChI=1S/C16H17N3O3S/c1-18-15(21)6-8-19(16(18)22)10-14(20)17-12-7-9-23-13-5-3-2-4-11(12)13/h2-6,8,12H,7,9-10H2,1H3,(H,17,20). The predicted molar refractivity (Wildman–Crippen MR) is 88.6 cm³/mol. The van der Waals surface area contributed by atoms with E-state index in [-0.39, 0.29) is 24.1 Å². The van der Waals surface area contributed by atoms with Crippen molar-refractivity contribution in [3.8, 4) is 0 Å². The minimum atomic E-state index is -0.493. The SMILES string of the molecule is Cn1c(=O)ccn(CC(=O)NC2CCSc3ccccc32)c1=O. The molecule has 1 atom stereocenters. The summed E-state index contributed by atoms with van der Waals surface area (Å²) in [6.45, 7) is -0.0984. The van der Waals surface area contributed by atoms with Crippen molar-refractivity contribution in [3.63, 3.8) is 0 Å². The molecule has 0 bridgehead atoms. The summed E-state index contributed by atoms with van der Waals surface area (Å²) >= 11 is 1.78. The van der Waals surface area contributed by atoms with Gasteiger partial charge in [0.2, 0.25) is 5.91 Å². The normalized spacial score (nSPS) is 16.7. The third kappa shape index (κ3) is 3.24. The number of amides is 1. The van der Waals surface area contributed by atoms with Crippen molar-refractivity contribution in [2.75, 3.05) is 5.75 Å². The van der Waals surface area contributed by atoms with Crippen LogP contribution in [-0.2, 0) is 18.4 Å². The lowest BCUT2D eigenvalue weighted by atomic mass is 10.0. The maximum absolute atomic E-state index is 12.3. The highest BCUT2D eigenvalue weighted by molar-refractivity contribution is 7.99. The van der Waals surface area contributed by atoms with Crippen molar-refractivity contribution in [2.45, 2.75) is 23.9 Å². The van der Waals surface area contributed by atoms with Gasteiger partial charge in [-0.3, -0.25) is 18.7 Å². The number of benzene rings is 1. The molecule has 120 valence electrons. The van der Waals surface area contributed by atoms with E-state index < -0.39 is 5.69 Å². The van der Waals surface area contributed by atoms with Gasteiger partial charge in [-0.2, -0.15) is 0 Å². The molecule has 1 aromatic heterocycles. The minimum Gasteiger partial charge on any atom is -0.348 e. The predicted octanol–water partition coefficient (Wildman–Crippen LogP) is 0.900. The Bertz CT molecular complexity index is 856. The number of hydrogen-bond donors (Lipinski definition) is 1. The van der Waals surface area contributed by atoms with E-state index in [1.54, 1.807) is 11.8 Å². The van der Waals surface area contributed by atoms with Crippen LogP contribution >= 0.6 is 11.8 Å². The molecule has 0 saturated carbocycles. The van der Waals surface area contributed by atoms with Gasteiger partial charge in [0.05, 0.1) is 6.04 Å². The quantitative estimate of drug-likeness (QED) is 0.907. The fraction of sp³-hybridized carbons (Fsp3) is 0.312. The molecule has 2 aromatic rings. The van der Waals surface area contributed by atoms with Gasteiger partial charge >= 0.3 is 5.69 Å². The fourth-order valence-corrected chi connectivity index (χ4v) is 3.75. The molecule has 0 saturated heterocycles. The van der Waals surface area contributed by atoms with Gasteiger partial charge in [0, 0.05) is 30.0 Å². The van der Waals surface area contributed by atoms with Crippen LogP contribution in [0.3, 0.4) is 0 Å². The second kappa shape index (κ2) is 6.45. The van der Waals surface area contributed by atoms with Crippen LogP contribution in [0.4, 0.5) is 0 Å². The molecule has 1 unspecified atom stereocenters. The molecular formula is C16H17N3O3S. The topological polar surface area (TPSA) is 73.1 Å². The molecule has 0 fully saturated rings. The molecule has 1 N–H and O–H groups in total. The lowest BCUT2D eigenvalue weighted by Gasteiger charge is -2.26. The van der Waals surface area contributed by atoms with Gasteiger partial charge in [-0.25, -0.2) is 4.79 Å². The number of carbonyl (C=O) groups is 1. The summed E-state index contributed by atoms with van der Waals surface area (Å²) in [6.07, 6.45) is 2.21. The first-order valence-corrected chi connectivity index (χ1v) is 8.32. The summed E-state index contributed by atoms with van der Waals surface area (Å²) in [5.41, 5.74) is 0.238. The third-order valence-electron chi connectivity index (χ3n) is 3.87. The molecule has 3 rings (SSSR count). The summed E-state index contributed by atoms with van der Waals surface area (Å²) < 4.78 is 2.22. The number of thioether (sulfide) groups is 1. The van der Waals surface area contributed by atoms with Gasteiger partial charge in [-0.1, -0.05) is 18.2 Å². The summed E-state index contributed by atoms with van der Waals surface area (Å²) in [7, 11) is 1.40. The number of carbonyl (C=O) groups excluding carboxylic acids is 1. The molecule has 1 aliphatic rings. The van der Waals surface area contributed by atoms with Gasteiger partial charge in [0.15, 0.2) is 0 Å². The molecule has 7 heteroatoms. The zero-order valence-corrected chi connectivity index (χ0v) is 13.5. The van der Waals surface area contributed by atoms with Crippen LogP contribution in [0.15, 0.2) is 51.0 Å². The van der Waals surface area contributed by atoms with Crippen molar-refractivity contribution < 1.29 is 4.79 Å². The lowest BCUT2D eigenvalue weighted by Crippen LogP contribution is -2.41. The van der Waals surface area contributed by atoms with E-state index in [1.807, 2.05) is 18.2 Å². The zero-order chi connectivity index (χ0) is 16.4. The Hall–Kier alpha value is -2.28. The van der Waals surface area contributed by atoms with E-state index in [0.717, 1.165) is 22.3 Å². The maximum atomic E-state index is 12.3. The van der Waals surface area contributed by atoms with Gasteiger partial charge in [-0.15, -0.1) is 11.8 Å². The molecule has 0 aliphatic carbocycles. The first-order chi connectivity index (χ1) is 11.1. The van der Waals surface area contributed by atoms with E-state index >= 15 is 0 Å². The van der Waals surface area contributed by atoms with Gasteiger partial charge < -0.3 is 5.32 Å². The molecule has 1 aromatic carbocycles.